The zero-order valence-corrected chi connectivity index (χ0v) is 12.6. The quantitative estimate of drug-likeness (QED) is 0.749. The highest BCUT2D eigenvalue weighted by molar-refractivity contribution is 5.69. The maximum absolute atomic E-state index is 11.6. The van der Waals surface area contributed by atoms with Gasteiger partial charge >= 0.3 is 5.97 Å². The lowest BCUT2D eigenvalue weighted by atomic mass is 10.1. The van der Waals surface area contributed by atoms with Crippen LogP contribution in [0.3, 0.4) is 0 Å². The average molecular weight is 279 g/mol. The van der Waals surface area contributed by atoms with Gasteiger partial charge in [0.2, 0.25) is 0 Å². The second-order valence-corrected chi connectivity index (χ2v) is 5.95. The molecule has 2 N–H and O–H groups in total. The summed E-state index contributed by atoms with van der Waals surface area (Å²) in [6, 6.07) is 9.80. The zero-order valence-electron chi connectivity index (χ0n) is 12.6. The summed E-state index contributed by atoms with van der Waals surface area (Å²) in [5.41, 5.74) is 1.05. The Labute approximate surface area is 121 Å². The van der Waals surface area contributed by atoms with E-state index >= 15 is 0 Å². The number of nitrogens with one attached hydrogen (secondary N) is 1. The lowest BCUT2D eigenvalue weighted by Gasteiger charge is -2.22. The molecule has 1 aromatic rings. The van der Waals surface area contributed by atoms with Crippen molar-refractivity contribution in [3.8, 4) is 0 Å². The van der Waals surface area contributed by atoms with Crippen molar-refractivity contribution in [3.05, 3.63) is 35.9 Å². The van der Waals surface area contributed by atoms with Crippen LogP contribution in [0.15, 0.2) is 30.3 Å². The highest BCUT2D eigenvalue weighted by Gasteiger charge is 2.13. The van der Waals surface area contributed by atoms with E-state index in [2.05, 4.69) is 5.32 Å². The largest absolute Gasteiger partial charge is 0.463 e. The average Bonchev–Trinajstić information content (AvgIpc) is 2.41. The van der Waals surface area contributed by atoms with Crippen molar-refractivity contribution in [1.82, 2.24) is 5.32 Å². The van der Waals surface area contributed by atoms with Gasteiger partial charge in [-0.2, -0.15) is 0 Å². The number of carbonyl (C=O) groups is 1. The minimum Gasteiger partial charge on any atom is -0.463 e. The van der Waals surface area contributed by atoms with Crippen molar-refractivity contribution in [2.45, 2.75) is 45.3 Å². The smallest absolute Gasteiger partial charge is 0.306 e. The second kappa shape index (κ2) is 8.02. The zero-order chi connectivity index (χ0) is 15.0. The molecule has 0 amide bonds. The Bertz CT molecular complexity index is 398. The standard InChI is InChI=1S/C16H25NO3/c1-16(2,3)17-11-14(18)12-20-15(19)10-9-13-7-5-4-6-8-13/h4-8,14,17-18H,9-12H2,1-3H3/t14-/m0/s1. The van der Waals surface area contributed by atoms with Gasteiger partial charge in [0, 0.05) is 18.5 Å². The summed E-state index contributed by atoms with van der Waals surface area (Å²) in [6.45, 7) is 6.51. The number of aliphatic hydroxyl groups is 1. The van der Waals surface area contributed by atoms with Gasteiger partial charge in [0.25, 0.3) is 0 Å². The summed E-state index contributed by atoms with van der Waals surface area (Å²) in [7, 11) is 0. The first-order valence-corrected chi connectivity index (χ1v) is 6.99. The molecule has 1 aromatic carbocycles. The van der Waals surface area contributed by atoms with E-state index in [0.29, 0.717) is 19.4 Å². The summed E-state index contributed by atoms with van der Waals surface area (Å²) < 4.78 is 5.06. The molecular formula is C16H25NO3. The van der Waals surface area contributed by atoms with Crippen LogP contribution in [0, 0.1) is 0 Å². The summed E-state index contributed by atoms with van der Waals surface area (Å²) in [4.78, 5) is 11.6. The van der Waals surface area contributed by atoms with Crippen LogP contribution in [0.5, 0.6) is 0 Å². The first-order valence-electron chi connectivity index (χ1n) is 6.99. The van der Waals surface area contributed by atoms with Crippen LogP contribution in [-0.4, -0.2) is 35.9 Å². The van der Waals surface area contributed by atoms with E-state index in [0.717, 1.165) is 5.56 Å². The summed E-state index contributed by atoms with van der Waals surface area (Å²) in [5, 5.41) is 12.9. The van der Waals surface area contributed by atoms with Gasteiger partial charge in [-0.15, -0.1) is 0 Å². The molecule has 0 fully saturated rings. The Kier molecular flexibility index (Phi) is 6.68. The molecule has 4 heteroatoms. The first-order chi connectivity index (χ1) is 9.37. The molecule has 0 saturated carbocycles. The van der Waals surface area contributed by atoms with Crippen molar-refractivity contribution >= 4 is 5.97 Å². The molecule has 0 saturated heterocycles. The number of hydrogen-bond donors (Lipinski definition) is 2. The number of carbonyl (C=O) groups excluding carboxylic acids is 1. The molecule has 0 bridgehead atoms. The predicted molar refractivity (Wildman–Crippen MR) is 79.5 cm³/mol. The fourth-order valence-corrected chi connectivity index (χ4v) is 1.64. The Morgan fingerprint density at radius 1 is 1.30 bits per heavy atom. The Morgan fingerprint density at radius 3 is 2.55 bits per heavy atom. The van der Waals surface area contributed by atoms with E-state index in [1.165, 1.54) is 0 Å². The Morgan fingerprint density at radius 2 is 1.95 bits per heavy atom. The van der Waals surface area contributed by atoms with Crippen molar-refractivity contribution < 1.29 is 14.6 Å². The van der Waals surface area contributed by atoms with Crippen molar-refractivity contribution in [1.29, 1.82) is 0 Å². The molecule has 0 heterocycles. The third kappa shape index (κ3) is 7.92. The van der Waals surface area contributed by atoms with Gasteiger partial charge in [-0.1, -0.05) is 30.3 Å². The molecule has 0 aromatic heterocycles. The SMILES string of the molecule is CC(C)(C)NC[C@H](O)COC(=O)CCc1ccccc1. The van der Waals surface area contributed by atoms with E-state index in [1.807, 2.05) is 51.1 Å². The van der Waals surface area contributed by atoms with E-state index < -0.39 is 6.10 Å². The van der Waals surface area contributed by atoms with Crippen LogP contribution in [-0.2, 0) is 16.0 Å². The monoisotopic (exact) mass is 279 g/mol. The molecule has 112 valence electrons. The Balaban J connectivity index is 2.16. The topological polar surface area (TPSA) is 58.6 Å². The van der Waals surface area contributed by atoms with Gasteiger partial charge in [-0.05, 0) is 32.8 Å². The molecule has 0 spiro atoms. The minimum atomic E-state index is -0.671. The second-order valence-electron chi connectivity index (χ2n) is 5.95. The fourth-order valence-electron chi connectivity index (χ4n) is 1.64. The molecule has 1 atom stereocenters. The van der Waals surface area contributed by atoms with Crippen LogP contribution in [0.2, 0.25) is 0 Å². The van der Waals surface area contributed by atoms with Crippen LogP contribution in [0.4, 0.5) is 0 Å². The number of hydrogen-bond acceptors (Lipinski definition) is 4. The molecule has 0 radical (unpaired) electrons. The molecule has 0 aliphatic rings. The Hall–Kier alpha value is -1.39. The number of ether oxygens (including phenoxy) is 1. The molecule has 0 unspecified atom stereocenters. The van der Waals surface area contributed by atoms with Crippen molar-refractivity contribution in [2.75, 3.05) is 13.2 Å². The van der Waals surface area contributed by atoms with Gasteiger partial charge in [0.15, 0.2) is 0 Å². The fraction of sp³-hybridized carbons (Fsp3) is 0.562. The highest BCUT2D eigenvalue weighted by atomic mass is 16.5. The lowest BCUT2D eigenvalue weighted by Crippen LogP contribution is -2.42. The molecule has 4 nitrogen and oxygen atoms in total. The molecule has 0 aliphatic heterocycles. The van der Waals surface area contributed by atoms with Crippen molar-refractivity contribution in [3.63, 3.8) is 0 Å². The summed E-state index contributed by atoms with van der Waals surface area (Å²) >= 11 is 0. The van der Waals surface area contributed by atoms with E-state index in [1.54, 1.807) is 0 Å². The van der Waals surface area contributed by atoms with E-state index in [9.17, 15) is 9.90 Å². The predicted octanol–water partition coefficient (Wildman–Crippen LogP) is 1.91. The minimum absolute atomic E-state index is 0.0384. The maximum atomic E-state index is 11.6. The van der Waals surface area contributed by atoms with Crippen LogP contribution in [0.25, 0.3) is 0 Å². The van der Waals surface area contributed by atoms with E-state index in [4.69, 9.17) is 4.74 Å². The van der Waals surface area contributed by atoms with Crippen LogP contribution in [0.1, 0.15) is 32.8 Å². The van der Waals surface area contributed by atoms with Gasteiger partial charge in [-0.25, -0.2) is 0 Å². The van der Waals surface area contributed by atoms with Crippen molar-refractivity contribution in [2.24, 2.45) is 0 Å². The summed E-state index contributed by atoms with van der Waals surface area (Å²) in [5.74, 6) is -0.274. The van der Waals surface area contributed by atoms with Gasteiger partial charge < -0.3 is 15.2 Å². The number of esters is 1. The van der Waals surface area contributed by atoms with Crippen LogP contribution < -0.4 is 5.32 Å². The summed E-state index contributed by atoms with van der Waals surface area (Å²) in [6.07, 6.45) is 0.328. The van der Waals surface area contributed by atoms with Crippen LogP contribution >= 0.6 is 0 Å². The number of rotatable bonds is 7. The lowest BCUT2D eigenvalue weighted by molar-refractivity contribution is -0.146. The van der Waals surface area contributed by atoms with Gasteiger partial charge in [0.1, 0.15) is 12.7 Å². The molecular weight excluding hydrogens is 254 g/mol. The maximum Gasteiger partial charge on any atom is 0.306 e. The number of benzene rings is 1. The van der Waals surface area contributed by atoms with Gasteiger partial charge in [0.05, 0.1) is 0 Å². The number of aryl methyl sites for hydroxylation is 1. The number of β-amino-alcohol motifs (C(OH)–C–C–N with tert-alkyl or cyclic N) is 1. The van der Waals surface area contributed by atoms with E-state index in [-0.39, 0.29) is 18.1 Å². The molecule has 0 aliphatic carbocycles. The van der Waals surface area contributed by atoms with Gasteiger partial charge in [-0.3, -0.25) is 4.79 Å². The normalized spacial score (nSPS) is 13.0. The number of aliphatic hydroxyl groups excluding tert-OH is 1. The highest BCUT2D eigenvalue weighted by Crippen LogP contribution is 2.04. The third-order valence-electron chi connectivity index (χ3n) is 2.77. The molecule has 20 heavy (non-hydrogen) atoms. The first kappa shape index (κ1) is 16.7. The third-order valence-corrected chi connectivity index (χ3v) is 2.77. The molecule has 1 rings (SSSR count).